The Labute approximate surface area is 115 Å². The standard InChI is InChI=1S/C14H27N3O2/c1-2-16-8-4-3-5-13(16)11-15-14(19)17(9-10-18)12-6-7-12/h12-13,18H,2-11H2,1H3,(H,15,19). The van der Waals surface area contributed by atoms with Crippen LogP contribution in [0.4, 0.5) is 4.79 Å². The summed E-state index contributed by atoms with van der Waals surface area (Å²) in [4.78, 5) is 16.4. The number of hydrogen-bond donors (Lipinski definition) is 2. The molecule has 1 aliphatic carbocycles. The van der Waals surface area contributed by atoms with Gasteiger partial charge in [0.15, 0.2) is 0 Å². The van der Waals surface area contributed by atoms with Crippen molar-refractivity contribution in [1.82, 2.24) is 15.1 Å². The SMILES string of the molecule is CCN1CCCCC1CNC(=O)N(CCO)C1CC1. The number of nitrogens with one attached hydrogen (secondary N) is 1. The molecule has 19 heavy (non-hydrogen) atoms. The lowest BCUT2D eigenvalue weighted by molar-refractivity contribution is 0.143. The van der Waals surface area contributed by atoms with E-state index in [9.17, 15) is 4.79 Å². The molecule has 110 valence electrons. The van der Waals surface area contributed by atoms with Crippen LogP contribution < -0.4 is 5.32 Å². The Morgan fingerprint density at radius 1 is 1.37 bits per heavy atom. The zero-order chi connectivity index (χ0) is 13.7. The Morgan fingerprint density at radius 3 is 2.79 bits per heavy atom. The van der Waals surface area contributed by atoms with Gasteiger partial charge in [0.2, 0.25) is 0 Å². The molecule has 0 aromatic rings. The number of nitrogens with zero attached hydrogens (tertiary/aromatic N) is 2. The molecular weight excluding hydrogens is 242 g/mol. The van der Waals surface area contributed by atoms with E-state index < -0.39 is 0 Å². The summed E-state index contributed by atoms with van der Waals surface area (Å²) in [6.07, 6.45) is 5.88. The van der Waals surface area contributed by atoms with Gasteiger partial charge >= 0.3 is 6.03 Å². The second kappa shape index (κ2) is 7.10. The number of carbonyl (C=O) groups excluding carboxylic acids is 1. The minimum atomic E-state index is -0.00169. The van der Waals surface area contributed by atoms with Gasteiger partial charge in [-0.25, -0.2) is 4.79 Å². The molecule has 1 unspecified atom stereocenters. The van der Waals surface area contributed by atoms with Crippen LogP contribution in [0.15, 0.2) is 0 Å². The molecular formula is C14H27N3O2. The number of carbonyl (C=O) groups is 1. The third-order valence-corrected chi connectivity index (χ3v) is 4.23. The first-order valence-electron chi connectivity index (χ1n) is 7.65. The maximum Gasteiger partial charge on any atom is 0.317 e. The van der Waals surface area contributed by atoms with Gasteiger partial charge in [0.1, 0.15) is 0 Å². The number of likely N-dealkylation sites (N-methyl/N-ethyl adjacent to an activating group) is 1. The van der Waals surface area contributed by atoms with Gasteiger partial charge in [0, 0.05) is 25.2 Å². The van der Waals surface area contributed by atoms with E-state index in [1.165, 1.54) is 19.3 Å². The van der Waals surface area contributed by atoms with Crippen molar-refractivity contribution in [2.45, 2.75) is 51.1 Å². The summed E-state index contributed by atoms with van der Waals surface area (Å²) in [6.45, 7) is 5.64. The van der Waals surface area contributed by atoms with E-state index in [4.69, 9.17) is 5.11 Å². The molecule has 1 heterocycles. The van der Waals surface area contributed by atoms with Gasteiger partial charge in [-0.1, -0.05) is 13.3 Å². The first kappa shape index (κ1) is 14.6. The van der Waals surface area contributed by atoms with Crippen molar-refractivity contribution < 1.29 is 9.90 Å². The molecule has 2 N–H and O–H groups in total. The van der Waals surface area contributed by atoms with Crippen molar-refractivity contribution in [3.8, 4) is 0 Å². The predicted molar refractivity (Wildman–Crippen MR) is 75.1 cm³/mol. The quantitative estimate of drug-likeness (QED) is 0.757. The average Bonchev–Trinajstić information content (AvgIpc) is 3.27. The maximum absolute atomic E-state index is 12.1. The fraction of sp³-hybridized carbons (Fsp3) is 0.929. The monoisotopic (exact) mass is 269 g/mol. The van der Waals surface area contributed by atoms with Crippen molar-refractivity contribution in [2.24, 2.45) is 0 Å². The molecule has 0 spiro atoms. The van der Waals surface area contributed by atoms with Gasteiger partial charge in [-0.3, -0.25) is 4.90 Å². The molecule has 0 radical (unpaired) electrons. The number of hydrogen-bond acceptors (Lipinski definition) is 3. The molecule has 5 nitrogen and oxygen atoms in total. The highest BCUT2D eigenvalue weighted by Gasteiger charge is 2.32. The third kappa shape index (κ3) is 4.08. The van der Waals surface area contributed by atoms with Crippen molar-refractivity contribution in [3.05, 3.63) is 0 Å². The van der Waals surface area contributed by atoms with Gasteiger partial charge < -0.3 is 15.3 Å². The number of likely N-dealkylation sites (tertiary alicyclic amines) is 1. The molecule has 1 saturated heterocycles. The lowest BCUT2D eigenvalue weighted by Crippen LogP contribution is -2.50. The Bertz CT molecular complexity index is 294. The lowest BCUT2D eigenvalue weighted by Gasteiger charge is -2.35. The van der Waals surface area contributed by atoms with Crippen LogP contribution in [0.25, 0.3) is 0 Å². The molecule has 0 aromatic carbocycles. The molecule has 0 aromatic heterocycles. The van der Waals surface area contributed by atoms with E-state index in [0.29, 0.717) is 18.6 Å². The van der Waals surface area contributed by atoms with E-state index in [0.717, 1.165) is 32.5 Å². The van der Waals surface area contributed by atoms with Crippen molar-refractivity contribution >= 4 is 6.03 Å². The van der Waals surface area contributed by atoms with E-state index in [2.05, 4.69) is 17.1 Å². The van der Waals surface area contributed by atoms with Gasteiger partial charge in [-0.05, 0) is 38.8 Å². The van der Waals surface area contributed by atoms with Crippen LogP contribution in [-0.4, -0.2) is 65.8 Å². The molecule has 1 atom stereocenters. The number of aliphatic hydroxyl groups is 1. The Morgan fingerprint density at radius 2 is 2.16 bits per heavy atom. The van der Waals surface area contributed by atoms with Crippen LogP contribution in [0.5, 0.6) is 0 Å². The highest BCUT2D eigenvalue weighted by Crippen LogP contribution is 2.26. The van der Waals surface area contributed by atoms with Gasteiger partial charge in [-0.2, -0.15) is 0 Å². The van der Waals surface area contributed by atoms with Crippen LogP contribution in [0, 0.1) is 0 Å². The summed E-state index contributed by atoms with van der Waals surface area (Å²) < 4.78 is 0. The zero-order valence-electron chi connectivity index (χ0n) is 12.0. The normalized spacial score (nSPS) is 24.2. The Hall–Kier alpha value is -0.810. The molecule has 2 fully saturated rings. The summed E-state index contributed by atoms with van der Waals surface area (Å²) >= 11 is 0. The van der Waals surface area contributed by atoms with Crippen LogP contribution in [0.3, 0.4) is 0 Å². The molecule has 2 rings (SSSR count). The number of piperidine rings is 1. The topological polar surface area (TPSA) is 55.8 Å². The summed E-state index contributed by atoms with van der Waals surface area (Å²) in [7, 11) is 0. The summed E-state index contributed by atoms with van der Waals surface area (Å²) in [6, 6.07) is 0.844. The van der Waals surface area contributed by atoms with Gasteiger partial charge in [0.25, 0.3) is 0 Å². The second-order valence-electron chi connectivity index (χ2n) is 5.61. The Kier molecular flexibility index (Phi) is 5.45. The van der Waals surface area contributed by atoms with Crippen LogP contribution in [0.2, 0.25) is 0 Å². The second-order valence-corrected chi connectivity index (χ2v) is 5.61. The molecule has 1 saturated carbocycles. The highest BCUT2D eigenvalue weighted by molar-refractivity contribution is 5.74. The summed E-state index contributed by atoms with van der Waals surface area (Å²) in [5.74, 6) is 0. The fourth-order valence-corrected chi connectivity index (χ4v) is 2.96. The van der Waals surface area contributed by atoms with Crippen molar-refractivity contribution in [1.29, 1.82) is 0 Å². The minimum Gasteiger partial charge on any atom is -0.395 e. The summed E-state index contributed by atoms with van der Waals surface area (Å²) in [5, 5.41) is 12.1. The van der Waals surface area contributed by atoms with Gasteiger partial charge in [-0.15, -0.1) is 0 Å². The third-order valence-electron chi connectivity index (χ3n) is 4.23. The average molecular weight is 269 g/mol. The summed E-state index contributed by atoms with van der Waals surface area (Å²) in [5.41, 5.74) is 0. The molecule has 1 aliphatic heterocycles. The van der Waals surface area contributed by atoms with Crippen molar-refractivity contribution in [3.63, 3.8) is 0 Å². The number of urea groups is 1. The fourth-order valence-electron chi connectivity index (χ4n) is 2.96. The van der Waals surface area contributed by atoms with E-state index >= 15 is 0 Å². The first-order chi connectivity index (χ1) is 9.26. The Balaban J connectivity index is 1.77. The largest absolute Gasteiger partial charge is 0.395 e. The molecule has 5 heteroatoms. The molecule has 2 aliphatic rings. The minimum absolute atomic E-state index is 0.00169. The number of rotatable bonds is 6. The number of aliphatic hydroxyl groups excluding tert-OH is 1. The van der Waals surface area contributed by atoms with Gasteiger partial charge in [0.05, 0.1) is 6.61 Å². The molecule has 0 bridgehead atoms. The zero-order valence-corrected chi connectivity index (χ0v) is 12.0. The highest BCUT2D eigenvalue weighted by atomic mass is 16.3. The molecule has 2 amide bonds. The predicted octanol–water partition coefficient (Wildman–Crippen LogP) is 1.03. The van der Waals surface area contributed by atoms with E-state index in [1.54, 1.807) is 4.90 Å². The first-order valence-corrected chi connectivity index (χ1v) is 7.65. The van der Waals surface area contributed by atoms with Crippen LogP contribution >= 0.6 is 0 Å². The lowest BCUT2D eigenvalue weighted by atomic mass is 10.0. The van der Waals surface area contributed by atoms with Crippen LogP contribution in [-0.2, 0) is 0 Å². The van der Waals surface area contributed by atoms with Crippen LogP contribution in [0.1, 0.15) is 39.0 Å². The smallest absolute Gasteiger partial charge is 0.317 e. The van der Waals surface area contributed by atoms with E-state index in [-0.39, 0.29) is 12.6 Å². The maximum atomic E-state index is 12.1. The van der Waals surface area contributed by atoms with Crippen molar-refractivity contribution in [2.75, 3.05) is 32.8 Å². The van der Waals surface area contributed by atoms with E-state index in [1.807, 2.05) is 0 Å². The number of amides is 2.